The van der Waals surface area contributed by atoms with E-state index in [-0.39, 0.29) is 6.04 Å². The monoisotopic (exact) mass is 217 g/mol. The second-order valence-corrected chi connectivity index (χ2v) is 3.71. The summed E-state index contributed by atoms with van der Waals surface area (Å²) in [7, 11) is 0. The second-order valence-electron chi connectivity index (χ2n) is 3.71. The molecule has 0 radical (unpaired) electrons. The van der Waals surface area contributed by atoms with Gasteiger partial charge < -0.3 is 9.88 Å². The molecule has 0 unspecified atom stereocenters. The smallest absolute Gasteiger partial charge is 0.207 e. The van der Waals surface area contributed by atoms with Gasteiger partial charge in [0.15, 0.2) is 0 Å². The molecule has 1 atom stereocenters. The summed E-state index contributed by atoms with van der Waals surface area (Å²) in [5.74, 6) is 0.899. The highest BCUT2D eigenvalue weighted by atomic mass is 16.1. The molecule has 16 heavy (non-hydrogen) atoms. The van der Waals surface area contributed by atoms with E-state index in [1.807, 2.05) is 31.2 Å². The molecule has 4 nitrogen and oxygen atoms in total. The number of aromatic nitrogens is 2. The number of nitrogens with one attached hydrogen (secondary N) is 1. The summed E-state index contributed by atoms with van der Waals surface area (Å²) in [5, 5.41) is 2.73. The summed E-state index contributed by atoms with van der Waals surface area (Å²) in [6.07, 6.45) is 0.712. The van der Waals surface area contributed by atoms with Crippen molar-refractivity contribution < 1.29 is 4.79 Å². The molecule has 0 fully saturated rings. The van der Waals surface area contributed by atoms with Gasteiger partial charge in [0.05, 0.1) is 17.1 Å². The van der Waals surface area contributed by atoms with Crippen LogP contribution in [0.15, 0.2) is 24.3 Å². The van der Waals surface area contributed by atoms with E-state index in [4.69, 9.17) is 0 Å². The Bertz CT molecular complexity index is 504. The summed E-state index contributed by atoms with van der Waals surface area (Å²) in [6, 6.07) is 7.93. The number of nitrogens with zero attached hydrogens (tertiary/aromatic N) is 2. The normalized spacial score (nSPS) is 12.6. The lowest BCUT2D eigenvalue weighted by Gasteiger charge is -2.11. The van der Waals surface area contributed by atoms with Crippen LogP contribution >= 0.6 is 0 Å². The van der Waals surface area contributed by atoms with E-state index in [9.17, 15) is 4.79 Å². The third kappa shape index (κ3) is 1.66. The van der Waals surface area contributed by atoms with E-state index in [0.29, 0.717) is 6.41 Å². The van der Waals surface area contributed by atoms with Gasteiger partial charge >= 0.3 is 0 Å². The minimum atomic E-state index is -0.0650. The van der Waals surface area contributed by atoms with Crippen LogP contribution in [-0.2, 0) is 11.3 Å². The quantitative estimate of drug-likeness (QED) is 0.795. The number of benzene rings is 1. The first-order valence-corrected chi connectivity index (χ1v) is 5.42. The Labute approximate surface area is 94.3 Å². The highest BCUT2D eigenvalue weighted by Crippen LogP contribution is 2.20. The Hall–Kier alpha value is -1.84. The maximum absolute atomic E-state index is 10.5. The van der Waals surface area contributed by atoms with E-state index >= 15 is 0 Å². The molecule has 1 amide bonds. The molecule has 0 aliphatic carbocycles. The van der Waals surface area contributed by atoms with Crippen molar-refractivity contribution in [2.45, 2.75) is 26.4 Å². The van der Waals surface area contributed by atoms with E-state index in [2.05, 4.69) is 21.8 Å². The van der Waals surface area contributed by atoms with Crippen molar-refractivity contribution in [2.75, 3.05) is 0 Å². The predicted molar refractivity (Wildman–Crippen MR) is 63.0 cm³/mol. The number of rotatable bonds is 4. The topological polar surface area (TPSA) is 46.9 Å². The second kappa shape index (κ2) is 4.35. The van der Waals surface area contributed by atoms with E-state index in [0.717, 1.165) is 23.4 Å². The molecule has 2 rings (SSSR count). The molecule has 1 N–H and O–H groups in total. The van der Waals surface area contributed by atoms with Gasteiger partial charge in [-0.15, -0.1) is 0 Å². The molecular weight excluding hydrogens is 202 g/mol. The van der Waals surface area contributed by atoms with Gasteiger partial charge in [0.1, 0.15) is 5.82 Å². The number of aryl methyl sites for hydroxylation is 1. The van der Waals surface area contributed by atoms with Crippen molar-refractivity contribution in [3.63, 3.8) is 0 Å². The lowest BCUT2D eigenvalue weighted by Crippen LogP contribution is -2.20. The molecule has 0 aliphatic heterocycles. The molecular formula is C12H15N3O. The molecule has 1 aromatic carbocycles. The van der Waals surface area contributed by atoms with E-state index in [1.54, 1.807) is 0 Å². The summed E-state index contributed by atoms with van der Waals surface area (Å²) in [4.78, 5) is 15.0. The fourth-order valence-electron chi connectivity index (χ4n) is 1.93. The number of imidazole rings is 1. The molecule has 0 aliphatic rings. The Morgan fingerprint density at radius 3 is 2.94 bits per heavy atom. The first-order chi connectivity index (χ1) is 7.77. The van der Waals surface area contributed by atoms with Gasteiger partial charge in [-0.05, 0) is 26.0 Å². The number of para-hydroxylation sites is 2. The SMILES string of the molecule is CCn1c([C@@H](C)NC=O)nc2ccccc21. The van der Waals surface area contributed by atoms with Crippen molar-refractivity contribution in [2.24, 2.45) is 0 Å². The maximum atomic E-state index is 10.5. The molecule has 0 bridgehead atoms. The first-order valence-electron chi connectivity index (χ1n) is 5.42. The third-order valence-electron chi connectivity index (χ3n) is 2.71. The molecule has 0 saturated heterocycles. The highest BCUT2D eigenvalue weighted by Gasteiger charge is 2.14. The van der Waals surface area contributed by atoms with Gasteiger partial charge in [-0.1, -0.05) is 12.1 Å². The zero-order valence-corrected chi connectivity index (χ0v) is 9.47. The van der Waals surface area contributed by atoms with Crippen LogP contribution in [0.5, 0.6) is 0 Å². The van der Waals surface area contributed by atoms with Crippen molar-refractivity contribution in [3.05, 3.63) is 30.1 Å². The fourth-order valence-corrected chi connectivity index (χ4v) is 1.93. The number of fused-ring (bicyclic) bond motifs is 1. The Balaban J connectivity index is 2.55. The lowest BCUT2D eigenvalue weighted by atomic mass is 10.3. The van der Waals surface area contributed by atoms with Crippen molar-refractivity contribution >= 4 is 17.4 Å². The fraction of sp³-hybridized carbons (Fsp3) is 0.333. The zero-order valence-electron chi connectivity index (χ0n) is 9.47. The maximum Gasteiger partial charge on any atom is 0.207 e. The van der Waals surface area contributed by atoms with Crippen LogP contribution in [0.25, 0.3) is 11.0 Å². The predicted octanol–water partition coefficient (Wildman–Crippen LogP) is 1.86. The molecule has 0 saturated carbocycles. The van der Waals surface area contributed by atoms with Crippen molar-refractivity contribution in [1.29, 1.82) is 0 Å². The molecule has 0 spiro atoms. The first kappa shape index (κ1) is 10.7. The summed E-state index contributed by atoms with van der Waals surface area (Å²) >= 11 is 0. The molecule has 84 valence electrons. The number of amides is 1. The third-order valence-corrected chi connectivity index (χ3v) is 2.71. The van der Waals surface area contributed by atoms with Crippen LogP contribution in [0, 0.1) is 0 Å². The zero-order chi connectivity index (χ0) is 11.5. The van der Waals surface area contributed by atoms with Crippen molar-refractivity contribution in [3.8, 4) is 0 Å². The number of hydrogen-bond donors (Lipinski definition) is 1. The largest absolute Gasteiger partial charge is 0.349 e. The minimum Gasteiger partial charge on any atom is -0.349 e. The van der Waals surface area contributed by atoms with Gasteiger partial charge in [-0.2, -0.15) is 0 Å². The molecule has 1 aromatic heterocycles. The molecule has 2 aromatic rings. The van der Waals surface area contributed by atoms with Crippen LogP contribution in [0.4, 0.5) is 0 Å². The van der Waals surface area contributed by atoms with E-state index in [1.165, 1.54) is 0 Å². The van der Waals surface area contributed by atoms with Crippen LogP contribution in [0.2, 0.25) is 0 Å². The summed E-state index contributed by atoms with van der Waals surface area (Å²) in [6.45, 7) is 4.85. The van der Waals surface area contributed by atoms with Gasteiger partial charge in [0.2, 0.25) is 6.41 Å². The van der Waals surface area contributed by atoms with Gasteiger partial charge in [-0.25, -0.2) is 4.98 Å². The van der Waals surface area contributed by atoms with Gasteiger partial charge in [0.25, 0.3) is 0 Å². The highest BCUT2D eigenvalue weighted by molar-refractivity contribution is 5.76. The number of carbonyl (C=O) groups is 1. The average molecular weight is 217 g/mol. The Kier molecular flexibility index (Phi) is 2.90. The Morgan fingerprint density at radius 2 is 2.25 bits per heavy atom. The van der Waals surface area contributed by atoms with Crippen molar-refractivity contribution in [1.82, 2.24) is 14.9 Å². The Morgan fingerprint density at radius 1 is 1.50 bits per heavy atom. The molecule has 4 heteroatoms. The van der Waals surface area contributed by atoms with E-state index < -0.39 is 0 Å². The molecule has 1 heterocycles. The number of carbonyl (C=O) groups excluding carboxylic acids is 1. The summed E-state index contributed by atoms with van der Waals surface area (Å²) < 4.78 is 2.12. The lowest BCUT2D eigenvalue weighted by molar-refractivity contribution is -0.110. The summed E-state index contributed by atoms with van der Waals surface area (Å²) in [5.41, 5.74) is 2.08. The average Bonchev–Trinajstić information content (AvgIpc) is 2.67. The van der Waals surface area contributed by atoms with Crippen LogP contribution in [0.3, 0.4) is 0 Å². The van der Waals surface area contributed by atoms with Crippen LogP contribution in [0.1, 0.15) is 25.7 Å². The number of hydrogen-bond acceptors (Lipinski definition) is 2. The standard InChI is InChI=1S/C12H15N3O/c1-3-15-11-7-5-4-6-10(11)14-12(15)9(2)13-8-16/h4-9H,3H2,1-2H3,(H,13,16)/t9-/m1/s1. The van der Waals surface area contributed by atoms with Gasteiger partial charge in [0, 0.05) is 6.54 Å². The van der Waals surface area contributed by atoms with Crippen LogP contribution < -0.4 is 5.32 Å². The van der Waals surface area contributed by atoms with Crippen LogP contribution in [-0.4, -0.2) is 16.0 Å². The van der Waals surface area contributed by atoms with Gasteiger partial charge in [-0.3, -0.25) is 4.79 Å². The minimum absolute atomic E-state index is 0.0650.